The van der Waals surface area contributed by atoms with Gasteiger partial charge in [0.1, 0.15) is 0 Å². The van der Waals surface area contributed by atoms with Crippen LogP contribution in [0.3, 0.4) is 0 Å². The Bertz CT molecular complexity index is 580. The predicted octanol–water partition coefficient (Wildman–Crippen LogP) is 3.30. The van der Waals surface area contributed by atoms with E-state index in [2.05, 4.69) is 65.6 Å². The zero-order valence-corrected chi connectivity index (χ0v) is 12.4. The molecule has 0 bridgehead atoms. The van der Waals surface area contributed by atoms with Gasteiger partial charge in [0.05, 0.1) is 6.20 Å². The lowest BCUT2D eigenvalue weighted by Gasteiger charge is -2.11. The summed E-state index contributed by atoms with van der Waals surface area (Å²) in [5.74, 6) is 1.78. The zero-order valence-electron chi connectivity index (χ0n) is 12.4. The number of rotatable bonds is 5. The Balaban J connectivity index is 2.11. The lowest BCUT2D eigenvalue weighted by Crippen LogP contribution is -2.11. The average molecular weight is 271 g/mol. The lowest BCUT2D eigenvalue weighted by molar-refractivity contribution is 0.682. The third-order valence-electron chi connectivity index (χ3n) is 2.87. The summed E-state index contributed by atoms with van der Waals surface area (Å²) in [5, 5.41) is 14.4. The number of nitrogens with one attached hydrogen (secondary N) is 2. The van der Waals surface area contributed by atoms with Crippen molar-refractivity contribution in [1.82, 2.24) is 15.2 Å². The topological polar surface area (TPSA) is 62.7 Å². The molecule has 2 rings (SSSR count). The zero-order chi connectivity index (χ0) is 14.5. The fraction of sp³-hybridized carbons (Fsp3) is 0.400. The van der Waals surface area contributed by atoms with Crippen LogP contribution in [0.5, 0.6) is 0 Å². The first-order valence-electron chi connectivity index (χ1n) is 6.82. The molecule has 0 aliphatic heterocycles. The van der Waals surface area contributed by atoms with E-state index in [1.165, 1.54) is 11.1 Å². The van der Waals surface area contributed by atoms with E-state index < -0.39 is 0 Å². The highest BCUT2D eigenvalue weighted by Crippen LogP contribution is 2.20. The molecular formula is C15H21N5. The molecule has 0 spiro atoms. The van der Waals surface area contributed by atoms with Gasteiger partial charge >= 0.3 is 0 Å². The van der Waals surface area contributed by atoms with Crippen molar-refractivity contribution in [3.05, 3.63) is 35.5 Å². The molecule has 0 fully saturated rings. The van der Waals surface area contributed by atoms with Gasteiger partial charge in [0.2, 0.25) is 5.95 Å². The normalized spacial score (nSPS) is 10.7. The summed E-state index contributed by atoms with van der Waals surface area (Å²) < 4.78 is 0. The quantitative estimate of drug-likeness (QED) is 0.873. The standard InChI is InChI=1S/C15H21N5/c1-10(2)8-16-15-19-14(9-17-20-15)18-13-6-5-11(3)7-12(13)4/h5-7,9-10H,8H2,1-4H3,(H2,16,18,19,20). The number of hydrogen-bond donors (Lipinski definition) is 2. The summed E-state index contributed by atoms with van der Waals surface area (Å²) in [6.45, 7) is 9.25. The van der Waals surface area contributed by atoms with Crippen molar-refractivity contribution in [2.45, 2.75) is 27.7 Å². The molecule has 0 aliphatic rings. The smallest absolute Gasteiger partial charge is 0.244 e. The van der Waals surface area contributed by atoms with E-state index in [1.807, 2.05) is 6.07 Å². The maximum atomic E-state index is 4.41. The molecule has 0 saturated carbocycles. The van der Waals surface area contributed by atoms with E-state index in [0.29, 0.717) is 17.7 Å². The molecule has 2 aromatic rings. The van der Waals surface area contributed by atoms with Crippen LogP contribution in [0.1, 0.15) is 25.0 Å². The van der Waals surface area contributed by atoms with E-state index in [-0.39, 0.29) is 0 Å². The highest BCUT2D eigenvalue weighted by molar-refractivity contribution is 5.60. The second-order valence-corrected chi connectivity index (χ2v) is 5.38. The molecule has 1 heterocycles. The van der Waals surface area contributed by atoms with E-state index in [1.54, 1.807) is 6.20 Å². The van der Waals surface area contributed by atoms with Crippen molar-refractivity contribution in [3.8, 4) is 0 Å². The third kappa shape index (κ3) is 3.91. The van der Waals surface area contributed by atoms with E-state index >= 15 is 0 Å². The van der Waals surface area contributed by atoms with Gasteiger partial charge in [0.15, 0.2) is 5.82 Å². The Kier molecular flexibility index (Phi) is 4.50. The Labute approximate surface area is 119 Å². The lowest BCUT2D eigenvalue weighted by atomic mass is 10.1. The molecule has 0 saturated heterocycles. The Morgan fingerprint density at radius 3 is 2.70 bits per heavy atom. The third-order valence-corrected chi connectivity index (χ3v) is 2.87. The van der Waals surface area contributed by atoms with Crippen molar-refractivity contribution >= 4 is 17.5 Å². The van der Waals surface area contributed by atoms with Gasteiger partial charge < -0.3 is 10.6 Å². The van der Waals surface area contributed by atoms with Crippen molar-refractivity contribution in [2.24, 2.45) is 5.92 Å². The SMILES string of the molecule is Cc1ccc(Nc2cnnc(NCC(C)C)n2)c(C)c1. The number of benzene rings is 1. The van der Waals surface area contributed by atoms with Crippen LogP contribution in [0.2, 0.25) is 0 Å². The molecule has 5 heteroatoms. The monoisotopic (exact) mass is 271 g/mol. The number of nitrogens with zero attached hydrogens (tertiary/aromatic N) is 3. The second kappa shape index (κ2) is 6.32. The van der Waals surface area contributed by atoms with Crippen LogP contribution in [0.4, 0.5) is 17.5 Å². The maximum Gasteiger partial charge on any atom is 0.244 e. The van der Waals surface area contributed by atoms with Gasteiger partial charge in [0.25, 0.3) is 0 Å². The van der Waals surface area contributed by atoms with Crippen molar-refractivity contribution in [3.63, 3.8) is 0 Å². The predicted molar refractivity (Wildman–Crippen MR) is 82.4 cm³/mol. The molecule has 1 aromatic heterocycles. The van der Waals surface area contributed by atoms with Crippen LogP contribution >= 0.6 is 0 Å². The number of anilines is 3. The van der Waals surface area contributed by atoms with E-state index in [9.17, 15) is 0 Å². The molecule has 106 valence electrons. The largest absolute Gasteiger partial charge is 0.353 e. The Hall–Kier alpha value is -2.17. The van der Waals surface area contributed by atoms with Crippen LogP contribution in [0, 0.1) is 19.8 Å². The first-order valence-corrected chi connectivity index (χ1v) is 6.82. The van der Waals surface area contributed by atoms with E-state index in [0.717, 1.165) is 12.2 Å². The van der Waals surface area contributed by atoms with Gasteiger partial charge in [-0.2, -0.15) is 10.1 Å². The summed E-state index contributed by atoms with van der Waals surface area (Å²) >= 11 is 0. The molecule has 0 unspecified atom stereocenters. The molecule has 5 nitrogen and oxygen atoms in total. The van der Waals surface area contributed by atoms with Crippen LogP contribution in [-0.4, -0.2) is 21.7 Å². The van der Waals surface area contributed by atoms with E-state index in [4.69, 9.17) is 0 Å². The van der Waals surface area contributed by atoms with Crippen LogP contribution in [-0.2, 0) is 0 Å². The molecule has 1 aromatic carbocycles. The summed E-state index contributed by atoms with van der Waals surface area (Å²) in [4.78, 5) is 4.41. The molecule has 0 radical (unpaired) electrons. The first-order chi connectivity index (χ1) is 9.54. The minimum atomic E-state index is 0.537. The molecule has 2 N–H and O–H groups in total. The van der Waals surface area contributed by atoms with Gasteiger partial charge in [-0.05, 0) is 31.4 Å². The average Bonchev–Trinajstić information content (AvgIpc) is 2.40. The minimum absolute atomic E-state index is 0.537. The van der Waals surface area contributed by atoms with Crippen molar-refractivity contribution in [2.75, 3.05) is 17.2 Å². The van der Waals surface area contributed by atoms with Crippen LogP contribution in [0.15, 0.2) is 24.4 Å². The fourth-order valence-electron chi connectivity index (χ4n) is 1.83. The highest BCUT2D eigenvalue weighted by atomic mass is 15.3. The minimum Gasteiger partial charge on any atom is -0.353 e. The number of aryl methyl sites for hydroxylation is 2. The Morgan fingerprint density at radius 1 is 1.20 bits per heavy atom. The van der Waals surface area contributed by atoms with Gasteiger partial charge in [-0.15, -0.1) is 5.10 Å². The van der Waals surface area contributed by atoms with Crippen LogP contribution < -0.4 is 10.6 Å². The summed E-state index contributed by atoms with van der Waals surface area (Å²) in [7, 11) is 0. The van der Waals surface area contributed by atoms with Gasteiger partial charge in [0, 0.05) is 12.2 Å². The molecule has 0 aliphatic carbocycles. The molecular weight excluding hydrogens is 250 g/mol. The summed E-state index contributed by atoms with van der Waals surface area (Å²) in [6, 6.07) is 6.25. The van der Waals surface area contributed by atoms with Crippen molar-refractivity contribution < 1.29 is 0 Å². The molecule has 20 heavy (non-hydrogen) atoms. The van der Waals surface area contributed by atoms with Gasteiger partial charge in [-0.25, -0.2) is 0 Å². The van der Waals surface area contributed by atoms with Gasteiger partial charge in [-0.3, -0.25) is 0 Å². The number of hydrogen-bond acceptors (Lipinski definition) is 5. The van der Waals surface area contributed by atoms with Crippen LogP contribution in [0.25, 0.3) is 0 Å². The highest BCUT2D eigenvalue weighted by Gasteiger charge is 2.04. The fourth-order valence-corrected chi connectivity index (χ4v) is 1.83. The number of aromatic nitrogens is 3. The summed E-state index contributed by atoms with van der Waals surface area (Å²) in [5.41, 5.74) is 3.46. The summed E-state index contributed by atoms with van der Waals surface area (Å²) in [6.07, 6.45) is 1.62. The molecule has 0 amide bonds. The Morgan fingerprint density at radius 2 is 2.00 bits per heavy atom. The van der Waals surface area contributed by atoms with Crippen molar-refractivity contribution in [1.29, 1.82) is 0 Å². The second-order valence-electron chi connectivity index (χ2n) is 5.38. The maximum absolute atomic E-state index is 4.41. The molecule has 0 atom stereocenters. The first kappa shape index (κ1) is 14.2. The van der Waals surface area contributed by atoms with Gasteiger partial charge in [-0.1, -0.05) is 31.5 Å².